The van der Waals surface area contributed by atoms with Crippen molar-refractivity contribution in [1.29, 1.82) is 0 Å². The van der Waals surface area contributed by atoms with Crippen molar-refractivity contribution < 1.29 is 18.3 Å². The van der Waals surface area contributed by atoms with Gasteiger partial charge in [-0.05, 0) is 38.1 Å². The van der Waals surface area contributed by atoms with E-state index in [1.807, 2.05) is 6.92 Å². The molecule has 108 valence electrons. The van der Waals surface area contributed by atoms with Crippen LogP contribution >= 0.6 is 0 Å². The first kappa shape index (κ1) is 16.0. The largest absolute Gasteiger partial charge is 0.416 e. The monoisotopic (exact) mass is 275 g/mol. The highest BCUT2D eigenvalue weighted by Gasteiger charge is 2.31. The Bertz CT molecular complexity index is 402. The Labute approximate surface area is 111 Å². The van der Waals surface area contributed by atoms with Crippen molar-refractivity contribution in [2.45, 2.75) is 38.5 Å². The van der Waals surface area contributed by atoms with Gasteiger partial charge in [-0.15, -0.1) is 0 Å². The molecule has 2 N–H and O–H groups in total. The predicted octanol–water partition coefficient (Wildman–Crippen LogP) is 3.00. The van der Waals surface area contributed by atoms with E-state index in [4.69, 9.17) is 0 Å². The molecule has 1 aromatic rings. The predicted molar refractivity (Wildman–Crippen MR) is 68.9 cm³/mol. The van der Waals surface area contributed by atoms with Gasteiger partial charge >= 0.3 is 6.18 Å². The standard InChI is InChI=1S/C14H20F3NO/c1-3-18-8-7-13(2,19)10-11-5-4-6-12(9-11)14(15,16)17/h4-6,9,18-19H,3,7-8,10H2,1-2H3. The molecule has 0 saturated carbocycles. The fourth-order valence-electron chi connectivity index (χ4n) is 1.92. The molecule has 1 atom stereocenters. The summed E-state index contributed by atoms with van der Waals surface area (Å²) in [5.74, 6) is 0. The second-order valence-corrected chi connectivity index (χ2v) is 4.98. The maximum absolute atomic E-state index is 12.6. The molecule has 1 aromatic carbocycles. The average molecular weight is 275 g/mol. The van der Waals surface area contributed by atoms with E-state index in [0.29, 0.717) is 18.5 Å². The molecule has 0 saturated heterocycles. The first-order chi connectivity index (χ1) is 8.74. The van der Waals surface area contributed by atoms with Gasteiger partial charge in [-0.3, -0.25) is 0 Å². The molecule has 0 bridgehead atoms. The van der Waals surface area contributed by atoms with Gasteiger partial charge in [0, 0.05) is 6.42 Å². The van der Waals surface area contributed by atoms with E-state index in [1.165, 1.54) is 6.07 Å². The minimum atomic E-state index is -4.34. The molecule has 1 unspecified atom stereocenters. The highest BCUT2D eigenvalue weighted by molar-refractivity contribution is 5.26. The molecule has 5 heteroatoms. The molecule has 0 fully saturated rings. The van der Waals surface area contributed by atoms with Crippen molar-refractivity contribution in [3.8, 4) is 0 Å². The van der Waals surface area contributed by atoms with Crippen LogP contribution < -0.4 is 5.32 Å². The lowest BCUT2D eigenvalue weighted by atomic mass is 9.92. The van der Waals surface area contributed by atoms with Crippen LogP contribution in [0, 0.1) is 0 Å². The summed E-state index contributed by atoms with van der Waals surface area (Å²) >= 11 is 0. The van der Waals surface area contributed by atoms with E-state index in [2.05, 4.69) is 5.32 Å². The Hall–Kier alpha value is -1.07. The lowest BCUT2D eigenvalue weighted by Gasteiger charge is -2.24. The summed E-state index contributed by atoms with van der Waals surface area (Å²) in [6.07, 6.45) is -3.63. The van der Waals surface area contributed by atoms with E-state index in [0.717, 1.165) is 18.7 Å². The zero-order valence-corrected chi connectivity index (χ0v) is 11.2. The number of hydrogen-bond donors (Lipinski definition) is 2. The third-order valence-electron chi connectivity index (χ3n) is 2.93. The Morgan fingerprint density at radius 3 is 2.53 bits per heavy atom. The molecule has 2 nitrogen and oxygen atoms in total. The first-order valence-corrected chi connectivity index (χ1v) is 6.34. The van der Waals surface area contributed by atoms with Gasteiger partial charge in [-0.25, -0.2) is 0 Å². The Morgan fingerprint density at radius 1 is 1.26 bits per heavy atom. The van der Waals surface area contributed by atoms with Crippen LogP contribution in [0.3, 0.4) is 0 Å². The number of rotatable bonds is 6. The second kappa shape index (κ2) is 6.39. The van der Waals surface area contributed by atoms with Crippen molar-refractivity contribution in [3.05, 3.63) is 35.4 Å². The minimum absolute atomic E-state index is 0.211. The van der Waals surface area contributed by atoms with Gasteiger partial charge in [0.25, 0.3) is 0 Å². The van der Waals surface area contributed by atoms with E-state index in [1.54, 1.807) is 13.0 Å². The molecule has 0 aliphatic heterocycles. The molecular formula is C14H20F3NO. The SMILES string of the molecule is CCNCCC(C)(O)Cc1cccc(C(F)(F)F)c1. The summed E-state index contributed by atoms with van der Waals surface area (Å²) in [4.78, 5) is 0. The summed E-state index contributed by atoms with van der Waals surface area (Å²) < 4.78 is 37.7. The summed E-state index contributed by atoms with van der Waals surface area (Å²) in [5, 5.41) is 13.3. The van der Waals surface area contributed by atoms with Crippen molar-refractivity contribution in [2.24, 2.45) is 0 Å². The molecule has 19 heavy (non-hydrogen) atoms. The van der Waals surface area contributed by atoms with Crippen LogP contribution in [0.15, 0.2) is 24.3 Å². The van der Waals surface area contributed by atoms with Crippen molar-refractivity contribution in [3.63, 3.8) is 0 Å². The number of alkyl halides is 3. The van der Waals surface area contributed by atoms with E-state index >= 15 is 0 Å². The maximum atomic E-state index is 12.6. The third kappa shape index (κ3) is 5.61. The topological polar surface area (TPSA) is 32.3 Å². The summed E-state index contributed by atoms with van der Waals surface area (Å²) in [5.41, 5.74) is -1.18. The maximum Gasteiger partial charge on any atom is 0.416 e. The van der Waals surface area contributed by atoms with Crippen LogP contribution in [-0.4, -0.2) is 23.8 Å². The molecule has 0 aliphatic carbocycles. The van der Waals surface area contributed by atoms with Gasteiger partial charge in [-0.2, -0.15) is 13.2 Å². The molecular weight excluding hydrogens is 255 g/mol. The Morgan fingerprint density at radius 2 is 1.95 bits per heavy atom. The highest BCUT2D eigenvalue weighted by atomic mass is 19.4. The van der Waals surface area contributed by atoms with Crippen molar-refractivity contribution >= 4 is 0 Å². The van der Waals surface area contributed by atoms with Gasteiger partial charge in [-0.1, -0.05) is 25.1 Å². The van der Waals surface area contributed by atoms with E-state index in [9.17, 15) is 18.3 Å². The summed E-state index contributed by atoms with van der Waals surface area (Å²) in [6, 6.07) is 5.12. The lowest BCUT2D eigenvalue weighted by Crippen LogP contribution is -2.32. The second-order valence-electron chi connectivity index (χ2n) is 4.98. The molecule has 0 heterocycles. The highest BCUT2D eigenvalue weighted by Crippen LogP contribution is 2.30. The quantitative estimate of drug-likeness (QED) is 0.782. The van der Waals surface area contributed by atoms with Gasteiger partial charge in [0.2, 0.25) is 0 Å². The van der Waals surface area contributed by atoms with Gasteiger partial charge in [0.15, 0.2) is 0 Å². The lowest BCUT2D eigenvalue weighted by molar-refractivity contribution is -0.137. The number of nitrogens with one attached hydrogen (secondary N) is 1. The summed E-state index contributed by atoms with van der Waals surface area (Å²) in [7, 11) is 0. The van der Waals surface area contributed by atoms with E-state index < -0.39 is 17.3 Å². The fraction of sp³-hybridized carbons (Fsp3) is 0.571. The third-order valence-corrected chi connectivity index (χ3v) is 2.93. The molecule has 0 radical (unpaired) electrons. The van der Waals surface area contributed by atoms with Crippen molar-refractivity contribution in [2.75, 3.05) is 13.1 Å². The zero-order chi connectivity index (χ0) is 14.5. The van der Waals surface area contributed by atoms with Crippen molar-refractivity contribution in [1.82, 2.24) is 5.32 Å². The van der Waals surface area contributed by atoms with Crippen LogP contribution in [0.1, 0.15) is 31.4 Å². The first-order valence-electron chi connectivity index (χ1n) is 6.34. The molecule has 0 aromatic heterocycles. The van der Waals surface area contributed by atoms with Crippen LogP contribution in [0.4, 0.5) is 13.2 Å². The van der Waals surface area contributed by atoms with Gasteiger partial charge in [0.1, 0.15) is 0 Å². The van der Waals surface area contributed by atoms with Crippen LogP contribution in [-0.2, 0) is 12.6 Å². The molecule has 0 amide bonds. The normalized spacial score (nSPS) is 15.3. The Kier molecular flexibility index (Phi) is 5.38. The molecule has 1 rings (SSSR count). The van der Waals surface area contributed by atoms with Crippen LogP contribution in [0.25, 0.3) is 0 Å². The minimum Gasteiger partial charge on any atom is -0.390 e. The number of hydrogen-bond acceptors (Lipinski definition) is 2. The fourth-order valence-corrected chi connectivity index (χ4v) is 1.92. The van der Waals surface area contributed by atoms with Gasteiger partial charge < -0.3 is 10.4 Å². The zero-order valence-electron chi connectivity index (χ0n) is 11.2. The number of halogens is 3. The average Bonchev–Trinajstić information content (AvgIpc) is 2.27. The molecule has 0 spiro atoms. The number of benzene rings is 1. The smallest absolute Gasteiger partial charge is 0.390 e. The van der Waals surface area contributed by atoms with Crippen LogP contribution in [0.2, 0.25) is 0 Å². The Balaban J connectivity index is 2.71. The number of aliphatic hydroxyl groups is 1. The van der Waals surface area contributed by atoms with Gasteiger partial charge in [0.05, 0.1) is 11.2 Å². The molecule has 0 aliphatic rings. The van der Waals surface area contributed by atoms with Crippen LogP contribution in [0.5, 0.6) is 0 Å². The van der Waals surface area contributed by atoms with E-state index in [-0.39, 0.29) is 6.42 Å². The summed E-state index contributed by atoms with van der Waals surface area (Å²) in [6.45, 7) is 5.05.